The summed E-state index contributed by atoms with van der Waals surface area (Å²) < 4.78 is 9.43. The van der Waals surface area contributed by atoms with E-state index in [0.717, 1.165) is 0 Å². The number of amides is 3. The molecular formula is C11H21N3O5. The maximum absolute atomic E-state index is 11.5. The van der Waals surface area contributed by atoms with Crippen molar-refractivity contribution in [3.8, 4) is 0 Å². The molecule has 0 bridgehead atoms. The number of nitrogens with zero attached hydrogens (tertiary/aromatic N) is 1. The molecule has 0 radical (unpaired) electrons. The van der Waals surface area contributed by atoms with Gasteiger partial charge in [0.25, 0.3) is 0 Å². The maximum atomic E-state index is 11.5. The molecule has 0 saturated heterocycles. The van der Waals surface area contributed by atoms with Crippen LogP contribution in [-0.2, 0) is 19.1 Å². The molecule has 0 saturated carbocycles. The highest BCUT2D eigenvalue weighted by atomic mass is 16.5. The lowest BCUT2D eigenvalue weighted by atomic mass is 10.5. The zero-order valence-electron chi connectivity index (χ0n) is 11.5. The summed E-state index contributed by atoms with van der Waals surface area (Å²) in [5, 5.41) is 4.92. The van der Waals surface area contributed by atoms with Crippen LogP contribution in [0.5, 0.6) is 0 Å². The summed E-state index contributed by atoms with van der Waals surface area (Å²) >= 11 is 0. The van der Waals surface area contributed by atoms with Gasteiger partial charge in [0, 0.05) is 20.7 Å². The first-order valence-electron chi connectivity index (χ1n) is 5.91. The number of hydrogen-bond donors (Lipinski definition) is 2. The van der Waals surface area contributed by atoms with Gasteiger partial charge in [-0.3, -0.25) is 9.59 Å². The molecule has 0 atom stereocenters. The number of nitrogens with one attached hydrogen (secondary N) is 2. The first-order chi connectivity index (χ1) is 9.01. The minimum absolute atomic E-state index is 0.0988. The number of carbonyl (C=O) groups excluding carboxylic acids is 3. The first kappa shape index (κ1) is 17.2. The quantitative estimate of drug-likeness (QED) is 0.435. The Morgan fingerprint density at radius 3 is 2.47 bits per heavy atom. The fourth-order valence-corrected chi connectivity index (χ4v) is 1.13. The van der Waals surface area contributed by atoms with Gasteiger partial charge in [-0.15, -0.1) is 0 Å². The Kier molecular flexibility index (Phi) is 9.15. The van der Waals surface area contributed by atoms with E-state index in [1.54, 1.807) is 6.92 Å². The predicted octanol–water partition coefficient (Wildman–Crippen LogP) is -1.05. The molecule has 0 heterocycles. The lowest BCUT2D eigenvalue weighted by molar-refractivity contribution is -0.141. The molecule has 8 heteroatoms. The minimum Gasteiger partial charge on any atom is -0.465 e. The molecule has 8 nitrogen and oxygen atoms in total. The Morgan fingerprint density at radius 1 is 1.21 bits per heavy atom. The monoisotopic (exact) mass is 275 g/mol. The molecule has 0 aliphatic carbocycles. The van der Waals surface area contributed by atoms with Crippen LogP contribution in [0.4, 0.5) is 4.79 Å². The van der Waals surface area contributed by atoms with E-state index in [1.165, 1.54) is 19.1 Å². The van der Waals surface area contributed by atoms with Crippen LogP contribution in [0.2, 0.25) is 0 Å². The first-order valence-corrected chi connectivity index (χ1v) is 5.91. The molecule has 0 aromatic heterocycles. The molecule has 19 heavy (non-hydrogen) atoms. The molecule has 0 aromatic rings. The van der Waals surface area contributed by atoms with E-state index in [0.29, 0.717) is 13.2 Å². The topological polar surface area (TPSA) is 97.0 Å². The molecule has 0 fully saturated rings. The number of ether oxygens (including phenoxy) is 2. The Labute approximate surface area is 112 Å². The van der Waals surface area contributed by atoms with Crippen molar-refractivity contribution in [3.05, 3.63) is 0 Å². The van der Waals surface area contributed by atoms with Crippen LogP contribution in [-0.4, -0.2) is 69.8 Å². The second-order valence-corrected chi connectivity index (χ2v) is 3.66. The normalized spacial score (nSPS) is 9.63. The number of hydrogen-bond acceptors (Lipinski definition) is 5. The summed E-state index contributed by atoms with van der Waals surface area (Å²) in [5.74, 6) is -0.820. The Balaban J connectivity index is 3.86. The maximum Gasteiger partial charge on any atom is 0.325 e. The highest BCUT2D eigenvalue weighted by molar-refractivity contribution is 5.85. The van der Waals surface area contributed by atoms with Gasteiger partial charge >= 0.3 is 12.0 Å². The number of urea groups is 1. The van der Waals surface area contributed by atoms with Gasteiger partial charge in [-0.25, -0.2) is 4.79 Å². The van der Waals surface area contributed by atoms with Crippen LogP contribution < -0.4 is 10.6 Å². The lowest BCUT2D eigenvalue weighted by Gasteiger charge is -2.17. The van der Waals surface area contributed by atoms with Crippen LogP contribution >= 0.6 is 0 Å². The third-order valence-electron chi connectivity index (χ3n) is 2.05. The molecule has 0 rings (SSSR count). The van der Waals surface area contributed by atoms with Crippen molar-refractivity contribution >= 4 is 17.9 Å². The van der Waals surface area contributed by atoms with Crippen LogP contribution in [0.3, 0.4) is 0 Å². The van der Waals surface area contributed by atoms with Gasteiger partial charge in [-0.1, -0.05) is 0 Å². The van der Waals surface area contributed by atoms with E-state index in [1.807, 2.05) is 0 Å². The van der Waals surface area contributed by atoms with Gasteiger partial charge < -0.3 is 25.0 Å². The summed E-state index contributed by atoms with van der Waals surface area (Å²) in [6.07, 6.45) is 0. The lowest BCUT2D eigenvalue weighted by Crippen LogP contribution is -2.45. The average Bonchev–Trinajstić information content (AvgIpc) is 2.36. The Bertz CT molecular complexity index is 309. The third-order valence-corrected chi connectivity index (χ3v) is 2.05. The van der Waals surface area contributed by atoms with Crippen molar-refractivity contribution < 1.29 is 23.9 Å². The van der Waals surface area contributed by atoms with Crippen LogP contribution in [0.15, 0.2) is 0 Å². The van der Waals surface area contributed by atoms with Gasteiger partial charge in [0.1, 0.15) is 13.1 Å². The fourth-order valence-electron chi connectivity index (χ4n) is 1.13. The molecule has 2 N–H and O–H groups in total. The third kappa shape index (κ3) is 8.83. The van der Waals surface area contributed by atoms with E-state index in [9.17, 15) is 14.4 Å². The predicted molar refractivity (Wildman–Crippen MR) is 67.5 cm³/mol. The second kappa shape index (κ2) is 10.1. The molecule has 0 aromatic carbocycles. The zero-order valence-corrected chi connectivity index (χ0v) is 11.5. The van der Waals surface area contributed by atoms with E-state index in [4.69, 9.17) is 4.74 Å². The molecule has 0 spiro atoms. The molecule has 110 valence electrons. The summed E-state index contributed by atoms with van der Waals surface area (Å²) in [4.78, 5) is 35.1. The smallest absolute Gasteiger partial charge is 0.325 e. The molecule has 0 aliphatic heterocycles. The van der Waals surface area contributed by atoms with Crippen molar-refractivity contribution in [2.24, 2.45) is 0 Å². The summed E-state index contributed by atoms with van der Waals surface area (Å²) in [6, 6.07) is -0.519. The minimum atomic E-state index is -0.520. The number of esters is 1. The SMILES string of the molecule is CCOC(=O)CNC(=O)N(C)CC(=O)NCCOC. The average molecular weight is 275 g/mol. The summed E-state index contributed by atoms with van der Waals surface area (Å²) in [6.45, 7) is 2.40. The van der Waals surface area contributed by atoms with Gasteiger partial charge in [0.05, 0.1) is 13.2 Å². The molecule has 3 amide bonds. The van der Waals surface area contributed by atoms with Crippen molar-refractivity contribution in [2.45, 2.75) is 6.92 Å². The van der Waals surface area contributed by atoms with Crippen LogP contribution in [0, 0.1) is 0 Å². The van der Waals surface area contributed by atoms with Gasteiger partial charge in [-0.2, -0.15) is 0 Å². The van der Waals surface area contributed by atoms with Crippen LogP contribution in [0.1, 0.15) is 6.92 Å². The van der Waals surface area contributed by atoms with E-state index >= 15 is 0 Å². The highest BCUT2D eigenvalue weighted by Gasteiger charge is 2.13. The zero-order chi connectivity index (χ0) is 14.7. The second-order valence-electron chi connectivity index (χ2n) is 3.66. The summed E-state index contributed by atoms with van der Waals surface area (Å²) in [7, 11) is 2.98. The van der Waals surface area contributed by atoms with Gasteiger partial charge in [-0.05, 0) is 6.92 Å². The van der Waals surface area contributed by atoms with Crippen molar-refractivity contribution in [3.63, 3.8) is 0 Å². The fraction of sp³-hybridized carbons (Fsp3) is 0.727. The van der Waals surface area contributed by atoms with Gasteiger partial charge in [0.15, 0.2) is 0 Å². The van der Waals surface area contributed by atoms with Crippen molar-refractivity contribution in [1.29, 1.82) is 0 Å². The van der Waals surface area contributed by atoms with E-state index < -0.39 is 12.0 Å². The van der Waals surface area contributed by atoms with Crippen LogP contribution in [0.25, 0.3) is 0 Å². The summed E-state index contributed by atoms with van der Waals surface area (Å²) in [5.41, 5.74) is 0. The highest BCUT2D eigenvalue weighted by Crippen LogP contribution is 1.85. The van der Waals surface area contributed by atoms with Crippen molar-refractivity contribution in [2.75, 3.05) is 47.0 Å². The number of rotatable bonds is 8. The molecular weight excluding hydrogens is 254 g/mol. The largest absolute Gasteiger partial charge is 0.465 e. The number of likely N-dealkylation sites (N-methyl/N-ethyl adjacent to an activating group) is 1. The van der Waals surface area contributed by atoms with E-state index in [2.05, 4.69) is 15.4 Å². The number of methoxy groups -OCH3 is 1. The van der Waals surface area contributed by atoms with Crippen molar-refractivity contribution in [1.82, 2.24) is 15.5 Å². The van der Waals surface area contributed by atoms with Gasteiger partial charge in [0.2, 0.25) is 5.91 Å². The Hall–Kier alpha value is -1.83. The number of carbonyl (C=O) groups is 3. The Morgan fingerprint density at radius 2 is 1.89 bits per heavy atom. The standard InChI is InChI=1S/C11H21N3O5/c1-4-19-10(16)7-13-11(17)14(2)8-9(15)12-5-6-18-3/h4-8H2,1-3H3,(H,12,15)(H,13,17). The van der Waals surface area contributed by atoms with E-state index in [-0.39, 0.29) is 25.6 Å². The molecule has 0 aliphatic rings. The molecule has 0 unspecified atom stereocenters.